The molecule has 5 nitrogen and oxygen atoms in total. The van der Waals surface area contributed by atoms with E-state index < -0.39 is 10.0 Å². The summed E-state index contributed by atoms with van der Waals surface area (Å²) in [6.45, 7) is 1.96. The molecule has 7 heteroatoms. The second-order valence-corrected chi connectivity index (χ2v) is 6.18. The summed E-state index contributed by atoms with van der Waals surface area (Å²) < 4.78 is 25.9. The summed E-state index contributed by atoms with van der Waals surface area (Å²) in [5.41, 5.74) is 5.87. The van der Waals surface area contributed by atoms with Crippen molar-refractivity contribution < 1.29 is 13.5 Å². The van der Waals surface area contributed by atoms with Crippen molar-refractivity contribution in [3.8, 4) is 11.8 Å². The first-order chi connectivity index (χ1) is 9.47. The van der Waals surface area contributed by atoms with Gasteiger partial charge in [0.15, 0.2) is 0 Å². The number of nitrogens with zero attached hydrogens (tertiary/aromatic N) is 1. The van der Waals surface area contributed by atoms with E-state index >= 15 is 0 Å². The molecular weight excluding hydrogens is 300 g/mol. The summed E-state index contributed by atoms with van der Waals surface area (Å²) in [7, 11) is -3.71. The average molecular weight is 317 g/mol. The quantitative estimate of drug-likeness (QED) is 0.781. The molecule has 0 amide bonds. The van der Waals surface area contributed by atoms with Crippen LogP contribution in [-0.4, -0.2) is 44.1 Å². The lowest BCUT2D eigenvalue weighted by Crippen LogP contribution is -2.33. The van der Waals surface area contributed by atoms with E-state index in [0.29, 0.717) is 5.56 Å². The first kappa shape index (κ1) is 17.0. The summed E-state index contributed by atoms with van der Waals surface area (Å²) in [6.07, 6.45) is 0. The fourth-order valence-corrected chi connectivity index (χ4v) is 3.60. The lowest BCUT2D eigenvalue weighted by Gasteiger charge is -2.20. The Labute approximate surface area is 124 Å². The van der Waals surface area contributed by atoms with E-state index in [4.69, 9.17) is 22.4 Å². The highest BCUT2D eigenvalue weighted by Gasteiger charge is 2.25. The van der Waals surface area contributed by atoms with Crippen LogP contribution in [0.4, 0.5) is 0 Å². The van der Waals surface area contributed by atoms with E-state index in [1.807, 2.05) is 0 Å². The topological polar surface area (TPSA) is 83.6 Å². The Balaban J connectivity index is 3.19. The van der Waals surface area contributed by atoms with Crippen LogP contribution >= 0.6 is 11.6 Å². The number of nitrogens with two attached hydrogens (primary N) is 1. The molecule has 0 unspecified atom stereocenters. The molecule has 0 saturated heterocycles. The highest BCUT2D eigenvalue weighted by Crippen LogP contribution is 2.25. The minimum Gasteiger partial charge on any atom is -0.395 e. The summed E-state index contributed by atoms with van der Waals surface area (Å²) in [4.78, 5) is 0.00719. The van der Waals surface area contributed by atoms with Gasteiger partial charge >= 0.3 is 0 Å². The number of rotatable bonds is 5. The lowest BCUT2D eigenvalue weighted by atomic mass is 10.2. The zero-order chi connectivity index (χ0) is 15.2. The third kappa shape index (κ3) is 3.95. The molecule has 0 bridgehead atoms. The zero-order valence-electron chi connectivity index (χ0n) is 11.1. The van der Waals surface area contributed by atoms with Gasteiger partial charge in [-0.05, 0) is 18.2 Å². The van der Waals surface area contributed by atoms with Crippen molar-refractivity contribution in [2.75, 3.05) is 26.2 Å². The molecule has 1 aromatic rings. The van der Waals surface area contributed by atoms with Gasteiger partial charge in [0, 0.05) is 18.7 Å². The summed E-state index contributed by atoms with van der Waals surface area (Å²) >= 11 is 6.03. The van der Waals surface area contributed by atoms with Crippen LogP contribution in [0.5, 0.6) is 0 Å². The predicted octanol–water partition coefficient (Wildman–Crippen LogP) is 0.653. The van der Waals surface area contributed by atoms with Crippen LogP contribution in [0.25, 0.3) is 0 Å². The molecule has 3 N–H and O–H groups in total. The monoisotopic (exact) mass is 316 g/mol. The van der Waals surface area contributed by atoms with Gasteiger partial charge in [-0.3, -0.25) is 0 Å². The van der Waals surface area contributed by atoms with Gasteiger partial charge in [-0.15, -0.1) is 0 Å². The normalized spacial score (nSPS) is 11.2. The van der Waals surface area contributed by atoms with Crippen molar-refractivity contribution >= 4 is 21.6 Å². The molecule has 0 heterocycles. The minimum atomic E-state index is -3.71. The number of benzene rings is 1. The van der Waals surface area contributed by atoms with Crippen molar-refractivity contribution in [1.29, 1.82) is 0 Å². The van der Waals surface area contributed by atoms with Crippen molar-refractivity contribution in [1.82, 2.24) is 4.31 Å². The SMILES string of the molecule is CCN(CCO)S(=O)(=O)c1ccc(C#CCN)cc1Cl. The van der Waals surface area contributed by atoms with Crippen molar-refractivity contribution in [2.24, 2.45) is 5.73 Å². The maximum Gasteiger partial charge on any atom is 0.244 e. The molecule has 1 aromatic carbocycles. The zero-order valence-corrected chi connectivity index (χ0v) is 12.7. The predicted molar refractivity (Wildman–Crippen MR) is 78.9 cm³/mol. The maximum absolute atomic E-state index is 12.4. The number of likely N-dealkylation sites (N-methyl/N-ethyl adjacent to an activating group) is 1. The molecule has 0 aliphatic carbocycles. The van der Waals surface area contributed by atoms with Crippen molar-refractivity contribution in [2.45, 2.75) is 11.8 Å². The average Bonchev–Trinajstić information content (AvgIpc) is 2.42. The number of hydrogen-bond acceptors (Lipinski definition) is 4. The molecule has 0 spiro atoms. The molecular formula is C13H17ClN2O3S. The number of sulfonamides is 1. The van der Waals surface area contributed by atoms with E-state index in [1.54, 1.807) is 13.0 Å². The highest BCUT2D eigenvalue weighted by atomic mass is 35.5. The van der Waals surface area contributed by atoms with Gasteiger partial charge in [0.25, 0.3) is 0 Å². The number of halogens is 1. The van der Waals surface area contributed by atoms with Gasteiger partial charge in [0.2, 0.25) is 10.0 Å². The van der Waals surface area contributed by atoms with Crippen LogP contribution in [0.3, 0.4) is 0 Å². The van der Waals surface area contributed by atoms with E-state index in [9.17, 15) is 8.42 Å². The molecule has 20 heavy (non-hydrogen) atoms. The van der Waals surface area contributed by atoms with Crippen LogP contribution in [0.2, 0.25) is 5.02 Å². The lowest BCUT2D eigenvalue weighted by molar-refractivity contribution is 0.257. The van der Waals surface area contributed by atoms with Gasteiger partial charge < -0.3 is 10.8 Å². The highest BCUT2D eigenvalue weighted by molar-refractivity contribution is 7.89. The summed E-state index contributed by atoms with van der Waals surface area (Å²) in [5, 5.41) is 9.02. The fourth-order valence-electron chi connectivity index (χ4n) is 1.64. The number of aliphatic hydroxyl groups is 1. The van der Waals surface area contributed by atoms with Gasteiger partial charge in [-0.1, -0.05) is 30.4 Å². The van der Waals surface area contributed by atoms with Gasteiger partial charge in [0.1, 0.15) is 4.90 Å². The van der Waals surface area contributed by atoms with Crippen LogP contribution < -0.4 is 5.73 Å². The van der Waals surface area contributed by atoms with E-state index in [-0.39, 0.29) is 36.2 Å². The number of aliphatic hydroxyl groups excluding tert-OH is 1. The Bertz CT molecular complexity index is 620. The van der Waals surface area contributed by atoms with Gasteiger partial charge in [0.05, 0.1) is 18.2 Å². The van der Waals surface area contributed by atoms with Crippen molar-refractivity contribution in [3.05, 3.63) is 28.8 Å². The van der Waals surface area contributed by atoms with Crippen LogP contribution in [-0.2, 0) is 10.0 Å². The standard InChI is InChI=1S/C13H17ClN2O3S/c1-2-16(8-9-17)20(18,19)13-6-5-11(4-3-7-15)10-12(13)14/h5-6,10,17H,2,7-9,15H2,1H3. The Kier molecular flexibility index (Phi) is 6.46. The third-order valence-electron chi connectivity index (χ3n) is 2.59. The Morgan fingerprint density at radius 3 is 2.65 bits per heavy atom. The first-order valence-electron chi connectivity index (χ1n) is 6.06. The molecule has 0 radical (unpaired) electrons. The molecule has 0 fully saturated rings. The molecule has 110 valence electrons. The molecule has 0 aliphatic heterocycles. The van der Waals surface area contributed by atoms with E-state index in [2.05, 4.69) is 11.8 Å². The second kappa shape index (κ2) is 7.62. The Morgan fingerprint density at radius 1 is 1.45 bits per heavy atom. The van der Waals surface area contributed by atoms with Gasteiger partial charge in [-0.2, -0.15) is 4.31 Å². The summed E-state index contributed by atoms with van der Waals surface area (Å²) in [5.74, 6) is 5.45. The fraction of sp³-hybridized carbons (Fsp3) is 0.385. The van der Waals surface area contributed by atoms with E-state index in [1.165, 1.54) is 16.4 Å². The first-order valence-corrected chi connectivity index (χ1v) is 7.88. The van der Waals surface area contributed by atoms with Crippen molar-refractivity contribution in [3.63, 3.8) is 0 Å². The molecule has 0 aromatic heterocycles. The molecule has 0 saturated carbocycles. The molecule has 0 atom stereocenters. The van der Waals surface area contributed by atoms with Crippen LogP contribution in [0.15, 0.2) is 23.1 Å². The Morgan fingerprint density at radius 2 is 2.15 bits per heavy atom. The van der Waals surface area contributed by atoms with Gasteiger partial charge in [-0.25, -0.2) is 8.42 Å². The van der Waals surface area contributed by atoms with Crippen LogP contribution in [0.1, 0.15) is 12.5 Å². The largest absolute Gasteiger partial charge is 0.395 e. The van der Waals surface area contributed by atoms with Crippen LogP contribution in [0, 0.1) is 11.8 Å². The van der Waals surface area contributed by atoms with E-state index in [0.717, 1.165) is 0 Å². The third-order valence-corrected chi connectivity index (χ3v) is 5.04. The summed E-state index contributed by atoms with van der Waals surface area (Å²) in [6, 6.07) is 4.48. The Hall–Kier alpha value is -1.10. The molecule has 0 aliphatic rings. The maximum atomic E-state index is 12.4. The smallest absolute Gasteiger partial charge is 0.244 e. The second-order valence-electron chi connectivity index (χ2n) is 3.87. The molecule has 1 rings (SSSR count). The number of hydrogen-bond donors (Lipinski definition) is 2. The minimum absolute atomic E-state index is 0.00719.